The van der Waals surface area contributed by atoms with Crippen LogP contribution in [0.25, 0.3) is 22.6 Å². The number of aromatic amines is 1. The molecule has 2 heterocycles. The number of nitrogens with one attached hydrogen (secondary N) is 1. The number of nitrogens with zero attached hydrogens (tertiary/aromatic N) is 2. The standard InChI is InChI=1S/C12H10N4O/c13-8-2-1-5-14-11(8)12-15-9-4-3-7(17)6-10(9)16-12/h1-6,17H,13H2,(H,15,16). The van der Waals surface area contributed by atoms with E-state index in [2.05, 4.69) is 15.0 Å². The summed E-state index contributed by atoms with van der Waals surface area (Å²) in [6.45, 7) is 0. The number of nitrogen functional groups attached to an aromatic ring is 1. The zero-order valence-electron chi connectivity index (χ0n) is 8.88. The highest BCUT2D eigenvalue weighted by Gasteiger charge is 2.09. The quantitative estimate of drug-likeness (QED) is 0.591. The Hall–Kier alpha value is -2.56. The van der Waals surface area contributed by atoms with Crippen molar-refractivity contribution in [3.05, 3.63) is 36.5 Å². The van der Waals surface area contributed by atoms with Crippen LogP contribution in [0.2, 0.25) is 0 Å². The molecule has 0 unspecified atom stereocenters. The molecule has 0 saturated carbocycles. The Morgan fingerprint density at radius 1 is 1.24 bits per heavy atom. The fourth-order valence-electron chi connectivity index (χ4n) is 1.73. The first-order chi connectivity index (χ1) is 8.24. The van der Waals surface area contributed by atoms with E-state index in [9.17, 15) is 5.11 Å². The third-order valence-electron chi connectivity index (χ3n) is 2.53. The van der Waals surface area contributed by atoms with Gasteiger partial charge in [-0.05, 0) is 24.3 Å². The van der Waals surface area contributed by atoms with Crippen molar-refractivity contribution in [2.75, 3.05) is 5.73 Å². The SMILES string of the molecule is Nc1cccnc1-c1nc2ccc(O)cc2[nH]1. The van der Waals surface area contributed by atoms with E-state index < -0.39 is 0 Å². The van der Waals surface area contributed by atoms with Crippen molar-refractivity contribution in [2.45, 2.75) is 0 Å². The summed E-state index contributed by atoms with van der Waals surface area (Å²) in [6, 6.07) is 8.49. The van der Waals surface area contributed by atoms with Crippen molar-refractivity contribution in [3.8, 4) is 17.3 Å². The Morgan fingerprint density at radius 3 is 2.94 bits per heavy atom. The molecule has 0 fully saturated rings. The normalized spacial score (nSPS) is 10.8. The van der Waals surface area contributed by atoms with Gasteiger partial charge in [0.15, 0.2) is 5.82 Å². The van der Waals surface area contributed by atoms with Gasteiger partial charge in [0, 0.05) is 12.3 Å². The molecule has 84 valence electrons. The van der Waals surface area contributed by atoms with Crippen LogP contribution in [0.5, 0.6) is 5.75 Å². The first-order valence-electron chi connectivity index (χ1n) is 5.13. The van der Waals surface area contributed by atoms with E-state index in [4.69, 9.17) is 5.73 Å². The summed E-state index contributed by atoms with van der Waals surface area (Å²) in [5, 5.41) is 9.38. The Balaban J connectivity index is 2.22. The van der Waals surface area contributed by atoms with Crippen LogP contribution in [0.1, 0.15) is 0 Å². The van der Waals surface area contributed by atoms with Crippen molar-refractivity contribution in [2.24, 2.45) is 0 Å². The smallest absolute Gasteiger partial charge is 0.159 e. The summed E-state index contributed by atoms with van der Waals surface area (Å²) >= 11 is 0. The summed E-state index contributed by atoms with van der Waals surface area (Å²) in [4.78, 5) is 11.6. The number of benzene rings is 1. The second-order valence-corrected chi connectivity index (χ2v) is 3.73. The summed E-state index contributed by atoms with van der Waals surface area (Å²) in [5.74, 6) is 0.797. The average molecular weight is 226 g/mol. The molecule has 0 aliphatic carbocycles. The number of imidazole rings is 1. The number of aromatic hydroxyl groups is 1. The van der Waals surface area contributed by atoms with Gasteiger partial charge in [-0.2, -0.15) is 0 Å². The number of pyridine rings is 1. The summed E-state index contributed by atoms with van der Waals surface area (Å²) in [5.41, 5.74) is 8.53. The van der Waals surface area contributed by atoms with E-state index in [1.165, 1.54) is 0 Å². The van der Waals surface area contributed by atoms with Crippen LogP contribution < -0.4 is 5.73 Å². The first-order valence-corrected chi connectivity index (χ1v) is 5.13. The molecule has 0 saturated heterocycles. The van der Waals surface area contributed by atoms with E-state index in [1.807, 2.05) is 0 Å². The predicted molar refractivity (Wildman–Crippen MR) is 65.4 cm³/mol. The molecule has 2 aromatic heterocycles. The molecule has 1 aromatic carbocycles. The van der Waals surface area contributed by atoms with Crippen molar-refractivity contribution >= 4 is 16.7 Å². The van der Waals surface area contributed by atoms with Gasteiger partial charge in [0.2, 0.25) is 0 Å². The molecule has 0 radical (unpaired) electrons. The third kappa shape index (κ3) is 1.57. The Kier molecular flexibility index (Phi) is 1.98. The van der Waals surface area contributed by atoms with E-state index in [-0.39, 0.29) is 5.75 Å². The highest BCUT2D eigenvalue weighted by Crippen LogP contribution is 2.24. The van der Waals surface area contributed by atoms with Gasteiger partial charge in [-0.1, -0.05) is 0 Å². The van der Waals surface area contributed by atoms with Crippen molar-refractivity contribution in [1.82, 2.24) is 15.0 Å². The largest absolute Gasteiger partial charge is 0.508 e. The molecule has 0 aliphatic rings. The Labute approximate surface area is 97.0 Å². The van der Waals surface area contributed by atoms with Gasteiger partial charge in [0.25, 0.3) is 0 Å². The van der Waals surface area contributed by atoms with Crippen LogP contribution >= 0.6 is 0 Å². The minimum absolute atomic E-state index is 0.196. The van der Waals surface area contributed by atoms with Gasteiger partial charge in [0.05, 0.1) is 16.7 Å². The van der Waals surface area contributed by atoms with Gasteiger partial charge in [-0.25, -0.2) is 4.98 Å². The zero-order valence-corrected chi connectivity index (χ0v) is 8.88. The molecule has 0 aliphatic heterocycles. The topological polar surface area (TPSA) is 87.8 Å². The maximum Gasteiger partial charge on any atom is 0.159 e. The molecule has 3 rings (SSSR count). The number of rotatable bonds is 1. The van der Waals surface area contributed by atoms with Crippen LogP contribution in [0, 0.1) is 0 Å². The highest BCUT2D eigenvalue weighted by atomic mass is 16.3. The molecule has 5 heteroatoms. The predicted octanol–water partition coefficient (Wildman–Crippen LogP) is 1.91. The monoisotopic (exact) mass is 226 g/mol. The number of H-pyrrole nitrogens is 1. The fourth-order valence-corrected chi connectivity index (χ4v) is 1.73. The molecular formula is C12H10N4O. The molecule has 17 heavy (non-hydrogen) atoms. The molecule has 0 atom stereocenters. The number of phenolic OH excluding ortho intramolecular Hbond substituents is 1. The van der Waals surface area contributed by atoms with Gasteiger partial charge in [-0.15, -0.1) is 0 Å². The minimum atomic E-state index is 0.196. The molecule has 5 nitrogen and oxygen atoms in total. The summed E-state index contributed by atoms with van der Waals surface area (Å²) in [6.07, 6.45) is 1.66. The number of hydrogen-bond acceptors (Lipinski definition) is 4. The van der Waals surface area contributed by atoms with E-state index in [1.54, 1.807) is 36.5 Å². The maximum atomic E-state index is 9.38. The number of anilines is 1. The van der Waals surface area contributed by atoms with E-state index in [0.717, 1.165) is 11.0 Å². The van der Waals surface area contributed by atoms with Crippen LogP contribution in [-0.2, 0) is 0 Å². The molecule has 4 N–H and O–H groups in total. The lowest BCUT2D eigenvalue weighted by Gasteiger charge is -1.98. The molecule has 3 aromatic rings. The summed E-state index contributed by atoms with van der Waals surface area (Å²) in [7, 11) is 0. The maximum absolute atomic E-state index is 9.38. The second-order valence-electron chi connectivity index (χ2n) is 3.73. The van der Waals surface area contributed by atoms with E-state index in [0.29, 0.717) is 17.2 Å². The second kappa shape index (κ2) is 3.48. The van der Waals surface area contributed by atoms with Crippen molar-refractivity contribution in [1.29, 1.82) is 0 Å². The number of hydrogen-bond donors (Lipinski definition) is 3. The number of aromatic nitrogens is 3. The van der Waals surface area contributed by atoms with E-state index >= 15 is 0 Å². The summed E-state index contributed by atoms with van der Waals surface area (Å²) < 4.78 is 0. The Bertz CT molecular complexity index is 690. The van der Waals surface area contributed by atoms with Gasteiger partial charge >= 0.3 is 0 Å². The number of phenols is 1. The van der Waals surface area contributed by atoms with Crippen molar-refractivity contribution < 1.29 is 5.11 Å². The highest BCUT2D eigenvalue weighted by molar-refractivity contribution is 5.82. The lowest BCUT2D eigenvalue weighted by atomic mass is 10.3. The van der Waals surface area contributed by atoms with Crippen LogP contribution in [0.3, 0.4) is 0 Å². The number of fused-ring (bicyclic) bond motifs is 1. The van der Waals surface area contributed by atoms with Crippen molar-refractivity contribution in [3.63, 3.8) is 0 Å². The van der Waals surface area contributed by atoms with Crippen LogP contribution in [0.15, 0.2) is 36.5 Å². The lowest BCUT2D eigenvalue weighted by Crippen LogP contribution is -1.93. The Morgan fingerprint density at radius 2 is 2.12 bits per heavy atom. The molecule has 0 bridgehead atoms. The zero-order chi connectivity index (χ0) is 11.8. The molecule has 0 spiro atoms. The lowest BCUT2D eigenvalue weighted by molar-refractivity contribution is 0.476. The third-order valence-corrected chi connectivity index (χ3v) is 2.53. The van der Waals surface area contributed by atoms with Gasteiger partial charge in [0.1, 0.15) is 11.4 Å². The minimum Gasteiger partial charge on any atom is -0.508 e. The molecule has 0 amide bonds. The first kappa shape index (κ1) is 9.65. The average Bonchev–Trinajstić information content (AvgIpc) is 2.72. The van der Waals surface area contributed by atoms with Crippen LogP contribution in [0.4, 0.5) is 5.69 Å². The number of nitrogens with two attached hydrogens (primary N) is 1. The molecular weight excluding hydrogens is 216 g/mol. The van der Waals surface area contributed by atoms with Crippen LogP contribution in [-0.4, -0.2) is 20.1 Å². The van der Waals surface area contributed by atoms with Gasteiger partial charge < -0.3 is 15.8 Å². The van der Waals surface area contributed by atoms with Gasteiger partial charge in [-0.3, -0.25) is 4.98 Å². The fraction of sp³-hybridized carbons (Fsp3) is 0.